The molecule has 0 heterocycles. The fraction of sp³-hybridized carbons (Fsp3) is 0.933. The number of rotatable bonds is 11. The number of ether oxygens (including phenoxy) is 1. The van der Waals surface area contributed by atoms with E-state index in [1.807, 2.05) is 13.8 Å². The van der Waals surface area contributed by atoms with Crippen LogP contribution in [0.15, 0.2) is 0 Å². The van der Waals surface area contributed by atoms with Crippen molar-refractivity contribution in [2.45, 2.75) is 78.2 Å². The molecule has 0 aliphatic rings. The zero-order valence-electron chi connectivity index (χ0n) is 12.3. The summed E-state index contributed by atoms with van der Waals surface area (Å²) in [6.45, 7) is 6.61. The predicted octanol–water partition coefficient (Wildman–Crippen LogP) is 3.69. The number of hydrogen-bond donors (Lipinski definition) is 1. The van der Waals surface area contributed by atoms with Gasteiger partial charge in [0.25, 0.3) is 0 Å². The quantitative estimate of drug-likeness (QED) is 0.454. The zero-order valence-corrected chi connectivity index (χ0v) is 12.3. The van der Waals surface area contributed by atoms with Gasteiger partial charge in [0.1, 0.15) is 0 Å². The normalized spacial score (nSPS) is 12.7. The third-order valence-corrected chi connectivity index (χ3v) is 3.48. The highest BCUT2D eigenvalue weighted by Crippen LogP contribution is 2.14. The largest absolute Gasteiger partial charge is 0.464 e. The van der Waals surface area contributed by atoms with Crippen LogP contribution in [0, 0.1) is 5.92 Å². The van der Waals surface area contributed by atoms with Crippen LogP contribution >= 0.6 is 0 Å². The number of hydrogen-bond acceptors (Lipinski definition) is 3. The zero-order chi connectivity index (χ0) is 13.8. The summed E-state index contributed by atoms with van der Waals surface area (Å²) in [5, 5.41) is 9.78. The second kappa shape index (κ2) is 11.5. The summed E-state index contributed by atoms with van der Waals surface area (Å²) in [6.07, 6.45) is 7.69. The molecule has 3 nitrogen and oxygen atoms in total. The van der Waals surface area contributed by atoms with Gasteiger partial charge in [0.05, 0.1) is 6.61 Å². The van der Waals surface area contributed by atoms with Gasteiger partial charge in [-0.2, -0.15) is 0 Å². The summed E-state index contributed by atoms with van der Waals surface area (Å²) in [5.74, 6) is -0.417. The molecule has 0 radical (unpaired) electrons. The Kier molecular flexibility index (Phi) is 11.2. The van der Waals surface area contributed by atoms with E-state index in [4.69, 9.17) is 4.74 Å². The van der Waals surface area contributed by atoms with Crippen molar-refractivity contribution in [2.75, 3.05) is 6.61 Å². The average Bonchev–Trinajstić information content (AvgIpc) is 2.38. The van der Waals surface area contributed by atoms with E-state index in [2.05, 4.69) is 6.92 Å². The fourth-order valence-corrected chi connectivity index (χ4v) is 2.07. The first-order chi connectivity index (χ1) is 8.67. The molecule has 0 spiro atoms. The maximum absolute atomic E-state index is 11.6. The molecule has 0 aromatic heterocycles. The number of aliphatic hydroxyl groups is 1. The summed E-state index contributed by atoms with van der Waals surface area (Å²) < 4.78 is 5.11. The monoisotopic (exact) mass is 258 g/mol. The molecule has 0 aliphatic carbocycles. The fourth-order valence-electron chi connectivity index (χ4n) is 2.07. The molecular formula is C15H30O3. The van der Waals surface area contributed by atoms with Crippen LogP contribution in [0.25, 0.3) is 0 Å². The highest BCUT2D eigenvalue weighted by molar-refractivity contribution is 5.74. The molecule has 0 aromatic carbocycles. The highest BCUT2D eigenvalue weighted by atomic mass is 16.5. The minimum Gasteiger partial charge on any atom is -0.464 e. The van der Waals surface area contributed by atoms with Gasteiger partial charge in [-0.3, -0.25) is 0 Å². The van der Waals surface area contributed by atoms with E-state index in [1.54, 1.807) is 0 Å². The van der Waals surface area contributed by atoms with Crippen LogP contribution in [0.1, 0.15) is 72.1 Å². The SMILES string of the molecule is CCCCCCCCOC(=O)C(O)C(CC)CC. The molecule has 0 saturated heterocycles. The van der Waals surface area contributed by atoms with Gasteiger partial charge in [-0.25, -0.2) is 4.79 Å². The van der Waals surface area contributed by atoms with Gasteiger partial charge >= 0.3 is 5.97 Å². The lowest BCUT2D eigenvalue weighted by atomic mass is 9.97. The first-order valence-electron chi connectivity index (χ1n) is 7.51. The van der Waals surface area contributed by atoms with Crippen molar-refractivity contribution < 1.29 is 14.6 Å². The molecule has 108 valence electrons. The van der Waals surface area contributed by atoms with Crippen molar-refractivity contribution in [3.63, 3.8) is 0 Å². The second-order valence-electron chi connectivity index (χ2n) is 4.96. The molecule has 0 saturated carbocycles. The van der Waals surface area contributed by atoms with Crippen LogP contribution in [0.2, 0.25) is 0 Å². The summed E-state index contributed by atoms with van der Waals surface area (Å²) in [6, 6.07) is 0. The Balaban J connectivity index is 3.57. The van der Waals surface area contributed by atoms with Crippen molar-refractivity contribution >= 4 is 5.97 Å². The van der Waals surface area contributed by atoms with Crippen LogP contribution < -0.4 is 0 Å². The maximum Gasteiger partial charge on any atom is 0.335 e. The molecule has 1 N–H and O–H groups in total. The van der Waals surface area contributed by atoms with E-state index < -0.39 is 12.1 Å². The summed E-state index contributed by atoms with van der Waals surface area (Å²) >= 11 is 0. The van der Waals surface area contributed by atoms with E-state index in [0.717, 1.165) is 25.7 Å². The summed E-state index contributed by atoms with van der Waals surface area (Å²) in [4.78, 5) is 11.6. The minimum absolute atomic E-state index is 0.0297. The lowest BCUT2D eigenvalue weighted by Crippen LogP contribution is -2.31. The van der Waals surface area contributed by atoms with E-state index in [0.29, 0.717) is 6.61 Å². The molecule has 0 amide bonds. The summed E-state index contributed by atoms with van der Waals surface area (Å²) in [5.41, 5.74) is 0. The Morgan fingerprint density at radius 3 is 2.11 bits per heavy atom. The van der Waals surface area contributed by atoms with E-state index in [1.165, 1.54) is 25.7 Å². The lowest BCUT2D eigenvalue weighted by molar-refractivity contribution is -0.156. The molecule has 18 heavy (non-hydrogen) atoms. The third kappa shape index (κ3) is 7.70. The molecule has 0 bridgehead atoms. The Bertz CT molecular complexity index is 200. The van der Waals surface area contributed by atoms with Crippen molar-refractivity contribution in [3.05, 3.63) is 0 Å². The van der Waals surface area contributed by atoms with Gasteiger partial charge in [0.2, 0.25) is 0 Å². The van der Waals surface area contributed by atoms with Crippen LogP contribution in [0.4, 0.5) is 0 Å². The van der Waals surface area contributed by atoms with Gasteiger partial charge in [-0.15, -0.1) is 0 Å². The van der Waals surface area contributed by atoms with Crippen molar-refractivity contribution in [1.82, 2.24) is 0 Å². The number of unbranched alkanes of at least 4 members (excludes halogenated alkanes) is 5. The predicted molar refractivity (Wildman–Crippen MR) is 74.4 cm³/mol. The standard InChI is InChI=1S/C15H30O3/c1-4-7-8-9-10-11-12-18-15(17)14(16)13(5-2)6-3/h13-14,16H,4-12H2,1-3H3. The number of aliphatic hydroxyl groups excluding tert-OH is 1. The Labute approximate surface area is 112 Å². The number of esters is 1. The molecule has 0 aromatic rings. The first-order valence-corrected chi connectivity index (χ1v) is 7.51. The third-order valence-electron chi connectivity index (χ3n) is 3.48. The topological polar surface area (TPSA) is 46.5 Å². The lowest BCUT2D eigenvalue weighted by Gasteiger charge is -2.18. The maximum atomic E-state index is 11.6. The smallest absolute Gasteiger partial charge is 0.335 e. The van der Waals surface area contributed by atoms with Crippen molar-refractivity contribution in [2.24, 2.45) is 5.92 Å². The van der Waals surface area contributed by atoms with Crippen LogP contribution in [0.3, 0.4) is 0 Å². The van der Waals surface area contributed by atoms with Gasteiger partial charge in [-0.1, -0.05) is 65.7 Å². The Morgan fingerprint density at radius 2 is 1.56 bits per heavy atom. The molecule has 0 fully saturated rings. The van der Waals surface area contributed by atoms with Gasteiger partial charge in [-0.05, 0) is 12.3 Å². The molecule has 3 heteroatoms. The van der Waals surface area contributed by atoms with Crippen LogP contribution in [-0.2, 0) is 9.53 Å². The van der Waals surface area contributed by atoms with E-state index in [-0.39, 0.29) is 5.92 Å². The first kappa shape index (κ1) is 17.4. The summed E-state index contributed by atoms with van der Waals surface area (Å²) in [7, 11) is 0. The second-order valence-corrected chi connectivity index (χ2v) is 4.96. The molecular weight excluding hydrogens is 228 g/mol. The molecule has 1 unspecified atom stereocenters. The molecule has 1 atom stereocenters. The Morgan fingerprint density at radius 1 is 1.00 bits per heavy atom. The molecule has 0 rings (SSSR count). The number of carbonyl (C=O) groups is 1. The Hall–Kier alpha value is -0.570. The van der Waals surface area contributed by atoms with E-state index in [9.17, 15) is 9.90 Å². The minimum atomic E-state index is -0.944. The van der Waals surface area contributed by atoms with E-state index >= 15 is 0 Å². The van der Waals surface area contributed by atoms with Crippen LogP contribution in [0.5, 0.6) is 0 Å². The van der Waals surface area contributed by atoms with Gasteiger partial charge in [0.15, 0.2) is 6.10 Å². The van der Waals surface area contributed by atoms with Crippen molar-refractivity contribution in [1.29, 1.82) is 0 Å². The van der Waals surface area contributed by atoms with Crippen molar-refractivity contribution in [3.8, 4) is 0 Å². The number of carbonyl (C=O) groups excluding carboxylic acids is 1. The molecule has 0 aliphatic heterocycles. The van der Waals surface area contributed by atoms with Gasteiger partial charge in [0, 0.05) is 0 Å². The highest BCUT2D eigenvalue weighted by Gasteiger charge is 2.24. The van der Waals surface area contributed by atoms with Gasteiger partial charge < -0.3 is 9.84 Å². The average molecular weight is 258 g/mol. The van der Waals surface area contributed by atoms with Crippen LogP contribution in [-0.4, -0.2) is 23.8 Å².